The molecule has 1 aliphatic carbocycles. The van der Waals surface area contributed by atoms with Crippen molar-refractivity contribution in [3.63, 3.8) is 0 Å². The van der Waals surface area contributed by atoms with Crippen molar-refractivity contribution in [2.24, 2.45) is 5.92 Å². The highest BCUT2D eigenvalue weighted by Gasteiger charge is 2.47. The van der Waals surface area contributed by atoms with Gasteiger partial charge >= 0.3 is 11.9 Å². The first-order valence-electron chi connectivity index (χ1n) is 8.90. The molecule has 1 aromatic carbocycles. The van der Waals surface area contributed by atoms with Crippen LogP contribution in [0.2, 0.25) is 0 Å². The van der Waals surface area contributed by atoms with Crippen LogP contribution in [-0.2, 0) is 24.7 Å². The normalized spacial score (nSPS) is 18.2. The largest absolute Gasteiger partial charge is 0.457 e. The topological polar surface area (TPSA) is 72.8 Å². The van der Waals surface area contributed by atoms with Gasteiger partial charge in [0.2, 0.25) is 0 Å². The van der Waals surface area contributed by atoms with Crippen molar-refractivity contribution in [2.75, 3.05) is 6.61 Å². The van der Waals surface area contributed by atoms with Gasteiger partial charge in [0, 0.05) is 5.92 Å². The van der Waals surface area contributed by atoms with Crippen LogP contribution >= 0.6 is 0 Å². The maximum atomic E-state index is 12.8. The van der Waals surface area contributed by atoms with Crippen LogP contribution in [0.25, 0.3) is 0 Å². The molecule has 138 valence electrons. The van der Waals surface area contributed by atoms with E-state index in [0.717, 1.165) is 32.1 Å². The number of hydrogen-bond donors (Lipinski definition) is 1. The summed E-state index contributed by atoms with van der Waals surface area (Å²) in [6.07, 6.45) is 4.56. The van der Waals surface area contributed by atoms with E-state index in [1.54, 1.807) is 45.0 Å². The summed E-state index contributed by atoms with van der Waals surface area (Å²) in [5, 5.41) is 11.3. The zero-order valence-electron chi connectivity index (χ0n) is 15.3. The number of benzene rings is 1. The average Bonchev–Trinajstić information content (AvgIpc) is 2.59. The van der Waals surface area contributed by atoms with E-state index in [1.165, 1.54) is 0 Å². The van der Waals surface area contributed by atoms with E-state index >= 15 is 0 Å². The van der Waals surface area contributed by atoms with E-state index in [0.29, 0.717) is 5.56 Å². The van der Waals surface area contributed by atoms with Crippen LogP contribution in [-0.4, -0.2) is 29.3 Å². The maximum absolute atomic E-state index is 12.8. The highest BCUT2D eigenvalue weighted by atomic mass is 16.6. The maximum Gasteiger partial charge on any atom is 0.344 e. The number of aliphatic hydroxyl groups is 1. The fourth-order valence-electron chi connectivity index (χ4n) is 3.34. The Morgan fingerprint density at radius 1 is 1.08 bits per heavy atom. The Kier molecular flexibility index (Phi) is 6.22. The molecular weight excluding hydrogens is 320 g/mol. The van der Waals surface area contributed by atoms with Crippen LogP contribution in [0.15, 0.2) is 30.3 Å². The zero-order chi connectivity index (χ0) is 18.5. The van der Waals surface area contributed by atoms with E-state index in [9.17, 15) is 14.7 Å². The number of esters is 2. The Labute approximate surface area is 149 Å². The smallest absolute Gasteiger partial charge is 0.344 e. The fraction of sp³-hybridized carbons (Fsp3) is 0.600. The van der Waals surface area contributed by atoms with Gasteiger partial charge in [-0.1, -0.05) is 49.6 Å². The molecule has 1 saturated carbocycles. The third kappa shape index (κ3) is 5.05. The van der Waals surface area contributed by atoms with Crippen LogP contribution in [0, 0.1) is 5.92 Å². The van der Waals surface area contributed by atoms with Gasteiger partial charge in [0.05, 0.1) is 0 Å². The molecule has 1 aliphatic rings. The van der Waals surface area contributed by atoms with Crippen molar-refractivity contribution < 1.29 is 24.2 Å². The first-order valence-corrected chi connectivity index (χ1v) is 8.90. The van der Waals surface area contributed by atoms with Gasteiger partial charge in [0.1, 0.15) is 5.60 Å². The molecular formula is C20H28O5. The first-order chi connectivity index (χ1) is 11.7. The monoisotopic (exact) mass is 348 g/mol. The predicted molar refractivity (Wildman–Crippen MR) is 93.7 cm³/mol. The molecule has 0 heterocycles. The van der Waals surface area contributed by atoms with Gasteiger partial charge in [-0.3, -0.25) is 0 Å². The van der Waals surface area contributed by atoms with E-state index in [4.69, 9.17) is 9.47 Å². The molecule has 0 aromatic heterocycles. The highest BCUT2D eigenvalue weighted by molar-refractivity contribution is 5.84. The van der Waals surface area contributed by atoms with Crippen molar-refractivity contribution in [3.05, 3.63) is 35.9 Å². The molecule has 0 aliphatic heterocycles. The second kappa shape index (κ2) is 8.00. The predicted octanol–water partition coefficient (Wildman–Crippen LogP) is 3.34. The Balaban J connectivity index is 2.15. The SMILES string of the molecule is CC(C)(C)OC(=O)COC(=O)C(O)(c1ccccc1)C1CCCCC1. The van der Waals surface area contributed by atoms with Crippen molar-refractivity contribution in [3.8, 4) is 0 Å². The Hall–Kier alpha value is -1.88. The van der Waals surface area contributed by atoms with Crippen LogP contribution in [0.3, 0.4) is 0 Å². The highest BCUT2D eigenvalue weighted by Crippen LogP contribution is 2.40. The van der Waals surface area contributed by atoms with Gasteiger partial charge in [-0.05, 0) is 39.2 Å². The number of ether oxygens (including phenoxy) is 2. The molecule has 25 heavy (non-hydrogen) atoms. The summed E-state index contributed by atoms with van der Waals surface area (Å²) in [4.78, 5) is 24.6. The van der Waals surface area contributed by atoms with Crippen molar-refractivity contribution >= 4 is 11.9 Å². The van der Waals surface area contributed by atoms with E-state index in [1.807, 2.05) is 6.07 Å². The minimum Gasteiger partial charge on any atom is -0.457 e. The zero-order valence-corrected chi connectivity index (χ0v) is 15.3. The first kappa shape index (κ1) is 19.4. The molecule has 1 atom stereocenters. The van der Waals surface area contributed by atoms with Crippen molar-refractivity contribution in [1.29, 1.82) is 0 Å². The molecule has 0 radical (unpaired) electrons. The van der Waals surface area contributed by atoms with E-state index in [2.05, 4.69) is 0 Å². The summed E-state index contributed by atoms with van der Waals surface area (Å²) in [6, 6.07) is 8.85. The molecule has 0 amide bonds. The lowest BCUT2D eigenvalue weighted by Gasteiger charge is -2.36. The molecule has 0 spiro atoms. The van der Waals surface area contributed by atoms with Gasteiger partial charge in [-0.15, -0.1) is 0 Å². The van der Waals surface area contributed by atoms with E-state index < -0.39 is 29.7 Å². The summed E-state index contributed by atoms with van der Waals surface area (Å²) in [5.74, 6) is -1.62. The molecule has 0 bridgehead atoms. The van der Waals surface area contributed by atoms with Gasteiger partial charge < -0.3 is 14.6 Å². The van der Waals surface area contributed by atoms with Crippen molar-refractivity contribution in [2.45, 2.75) is 64.1 Å². The Bertz CT molecular complexity index is 584. The second-order valence-corrected chi connectivity index (χ2v) is 7.63. The summed E-state index contributed by atoms with van der Waals surface area (Å²) in [6.45, 7) is 4.73. The van der Waals surface area contributed by atoms with Crippen LogP contribution in [0.1, 0.15) is 58.4 Å². The Morgan fingerprint density at radius 3 is 2.24 bits per heavy atom. The number of rotatable bonds is 5. The van der Waals surface area contributed by atoms with Gasteiger partial charge in [-0.25, -0.2) is 9.59 Å². The lowest BCUT2D eigenvalue weighted by atomic mass is 9.73. The fourth-order valence-corrected chi connectivity index (χ4v) is 3.34. The van der Waals surface area contributed by atoms with Gasteiger partial charge in [0.25, 0.3) is 0 Å². The third-order valence-corrected chi connectivity index (χ3v) is 4.46. The average molecular weight is 348 g/mol. The lowest BCUT2D eigenvalue weighted by Crippen LogP contribution is -2.45. The second-order valence-electron chi connectivity index (χ2n) is 7.63. The summed E-state index contributed by atoms with van der Waals surface area (Å²) >= 11 is 0. The third-order valence-electron chi connectivity index (χ3n) is 4.46. The molecule has 5 heteroatoms. The lowest BCUT2D eigenvalue weighted by molar-refractivity contribution is -0.183. The number of carbonyl (C=O) groups excluding carboxylic acids is 2. The van der Waals surface area contributed by atoms with Gasteiger partial charge in [-0.2, -0.15) is 0 Å². The molecule has 2 rings (SSSR count). The number of carbonyl (C=O) groups is 2. The molecule has 0 saturated heterocycles. The molecule has 5 nitrogen and oxygen atoms in total. The summed E-state index contributed by atoms with van der Waals surface area (Å²) in [7, 11) is 0. The Morgan fingerprint density at radius 2 is 1.68 bits per heavy atom. The summed E-state index contributed by atoms with van der Waals surface area (Å²) < 4.78 is 10.3. The molecule has 1 unspecified atom stereocenters. The van der Waals surface area contributed by atoms with Crippen LogP contribution in [0.4, 0.5) is 0 Å². The molecule has 1 N–H and O–H groups in total. The quantitative estimate of drug-likeness (QED) is 0.826. The van der Waals surface area contributed by atoms with Crippen LogP contribution in [0.5, 0.6) is 0 Å². The van der Waals surface area contributed by atoms with Crippen LogP contribution < -0.4 is 0 Å². The van der Waals surface area contributed by atoms with Crippen molar-refractivity contribution in [1.82, 2.24) is 0 Å². The standard InChI is InChI=1S/C20H28O5/c1-19(2,3)25-17(21)14-24-18(22)20(23,15-10-6-4-7-11-15)16-12-8-5-9-13-16/h4,6-7,10-11,16,23H,5,8-9,12-14H2,1-3H3. The molecule has 1 fully saturated rings. The minimum absolute atomic E-state index is 0.213. The summed E-state index contributed by atoms with van der Waals surface area (Å²) in [5.41, 5.74) is -1.87. The minimum atomic E-state index is -1.73. The number of hydrogen-bond acceptors (Lipinski definition) is 5. The van der Waals surface area contributed by atoms with E-state index in [-0.39, 0.29) is 5.92 Å². The van der Waals surface area contributed by atoms with Gasteiger partial charge in [0.15, 0.2) is 12.2 Å². The molecule has 1 aromatic rings.